The Hall–Kier alpha value is -2.34. The van der Waals surface area contributed by atoms with E-state index in [0.717, 1.165) is 24.0 Å². The second-order valence-corrected chi connectivity index (χ2v) is 5.64. The van der Waals surface area contributed by atoms with Gasteiger partial charge in [-0.1, -0.05) is 32.0 Å². The number of rotatable bonds is 4. The Balaban J connectivity index is 1.93. The van der Waals surface area contributed by atoms with E-state index in [0.29, 0.717) is 5.92 Å². The summed E-state index contributed by atoms with van der Waals surface area (Å²) in [6, 6.07) is 11.4. The number of halogens is 2. The number of hydrogen-bond acceptors (Lipinski definition) is 2. The molecule has 2 aromatic carbocycles. The van der Waals surface area contributed by atoms with Crippen LogP contribution in [0, 0.1) is 11.6 Å². The molecule has 0 radical (unpaired) electrons. The van der Waals surface area contributed by atoms with Crippen LogP contribution in [-0.4, -0.2) is 11.3 Å². The van der Waals surface area contributed by atoms with Gasteiger partial charge < -0.3 is 5.32 Å². The highest BCUT2D eigenvalue weighted by molar-refractivity contribution is 7.80. The van der Waals surface area contributed by atoms with Crippen molar-refractivity contribution in [1.29, 1.82) is 0 Å². The summed E-state index contributed by atoms with van der Waals surface area (Å²) in [6.45, 7) is 4.23. The van der Waals surface area contributed by atoms with Crippen LogP contribution in [0.4, 0.5) is 14.5 Å². The molecule has 6 heteroatoms. The summed E-state index contributed by atoms with van der Waals surface area (Å²) in [5, 5.41) is 6.92. The second kappa shape index (κ2) is 7.78. The Labute approximate surface area is 139 Å². The standard InChI is InChI=1S/C17H17F2N3S/c1-11(2)12-6-8-13(9-7-12)21-17(23)22-20-10-14-15(18)4-3-5-16(14)19/h3-11H,1-2H3,(H2,21,22,23)/b20-10+. The Morgan fingerprint density at radius 3 is 2.26 bits per heavy atom. The Morgan fingerprint density at radius 1 is 1.09 bits per heavy atom. The number of anilines is 1. The van der Waals surface area contributed by atoms with Gasteiger partial charge in [-0.2, -0.15) is 5.10 Å². The number of hydrogen-bond donors (Lipinski definition) is 2. The van der Waals surface area contributed by atoms with Crippen molar-refractivity contribution < 1.29 is 8.78 Å². The molecular formula is C17H17F2N3S. The lowest BCUT2D eigenvalue weighted by atomic mass is 10.0. The molecule has 0 unspecified atom stereocenters. The zero-order valence-electron chi connectivity index (χ0n) is 12.8. The molecule has 3 nitrogen and oxygen atoms in total. The molecule has 0 saturated heterocycles. The lowest BCUT2D eigenvalue weighted by molar-refractivity contribution is 0.580. The highest BCUT2D eigenvalue weighted by Crippen LogP contribution is 2.17. The molecule has 2 N–H and O–H groups in total. The summed E-state index contributed by atoms with van der Waals surface area (Å²) in [6.07, 6.45) is 1.06. The minimum absolute atomic E-state index is 0.218. The number of hydrazone groups is 1. The van der Waals surface area contributed by atoms with Crippen LogP contribution in [0.2, 0.25) is 0 Å². The van der Waals surface area contributed by atoms with E-state index in [1.807, 2.05) is 24.3 Å². The second-order valence-electron chi connectivity index (χ2n) is 5.24. The van der Waals surface area contributed by atoms with Crippen LogP contribution in [-0.2, 0) is 0 Å². The van der Waals surface area contributed by atoms with Crippen molar-refractivity contribution in [3.8, 4) is 0 Å². The third-order valence-electron chi connectivity index (χ3n) is 3.19. The van der Waals surface area contributed by atoms with E-state index in [4.69, 9.17) is 12.2 Å². The molecule has 0 amide bonds. The monoisotopic (exact) mass is 333 g/mol. The van der Waals surface area contributed by atoms with Gasteiger partial charge >= 0.3 is 0 Å². The molecule has 0 heterocycles. The first kappa shape index (κ1) is 17.0. The molecule has 0 aliphatic carbocycles. The van der Waals surface area contributed by atoms with Crippen molar-refractivity contribution in [3.05, 3.63) is 65.2 Å². The summed E-state index contributed by atoms with van der Waals surface area (Å²) in [7, 11) is 0. The predicted octanol–water partition coefficient (Wildman–Crippen LogP) is 4.41. The molecular weight excluding hydrogens is 316 g/mol. The topological polar surface area (TPSA) is 36.4 Å². The highest BCUT2D eigenvalue weighted by Gasteiger charge is 2.05. The predicted molar refractivity (Wildman–Crippen MR) is 93.8 cm³/mol. The molecule has 23 heavy (non-hydrogen) atoms. The van der Waals surface area contributed by atoms with Gasteiger partial charge in [0, 0.05) is 5.69 Å². The summed E-state index contributed by atoms with van der Waals surface area (Å²) in [5.41, 5.74) is 4.34. The van der Waals surface area contributed by atoms with Crippen molar-refractivity contribution in [2.75, 3.05) is 5.32 Å². The van der Waals surface area contributed by atoms with Gasteiger partial charge in [0.15, 0.2) is 5.11 Å². The van der Waals surface area contributed by atoms with E-state index in [2.05, 4.69) is 29.7 Å². The molecule has 0 bridgehead atoms. The normalized spacial score (nSPS) is 11.0. The van der Waals surface area contributed by atoms with E-state index in [-0.39, 0.29) is 10.7 Å². The maximum Gasteiger partial charge on any atom is 0.191 e. The minimum Gasteiger partial charge on any atom is -0.331 e. The first-order valence-corrected chi connectivity index (χ1v) is 7.52. The van der Waals surface area contributed by atoms with Crippen LogP contribution in [0.3, 0.4) is 0 Å². The quantitative estimate of drug-likeness (QED) is 0.494. The first-order valence-electron chi connectivity index (χ1n) is 7.11. The Kier molecular flexibility index (Phi) is 5.76. The average Bonchev–Trinajstić information content (AvgIpc) is 2.51. The SMILES string of the molecule is CC(C)c1ccc(NC(=S)N/N=C/c2c(F)cccc2F)cc1. The third kappa shape index (κ3) is 4.82. The van der Waals surface area contributed by atoms with Gasteiger partial charge in [-0.15, -0.1) is 0 Å². The fourth-order valence-electron chi connectivity index (χ4n) is 1.90. The van der Waals surface area contributed by atoms with Crippen LogP contribution in [0.15, 0.2) is 47.6 Å². The van der Waals surface area contributed by atoms with Gasteiger partial charge in [0.2, 0.25) is 0 Å². The zero-order chi connectivity index (χ0) is 16.8. The van der Waals surface area contributed by atoms with E-state index >= 15 is 0 Å². The number of thiocarbonyl (C=S) groups is 1. The molecule has 0 fully saturated rings. The number of nitrogens with zero attached hydrogens (tertiary/aromatic N) is 1. The molecule has 0 spiro atoms. The van der Waals surface area contributed by atoms with Crippen LogP contribution in [0.5, 0.6) is 0 Å². The zero-order valence-corrected chi connectivity index (χ0v) is 13.6. The van der Waals surface area contributed by atoms with Crippen LogP contribution in [0.25, 0.3) is 0 Å². The smallest absolute Gasteiger partial charge is 0.191 e. The van der Waals surface area contributed by atoms with Crippen molar-refractivity contribution in [2.24, 2.45) is 5.10 Å². The van der Waals surface area contributed by atoms with E-state index < -0.39 is 11.6 Å². The fourth-order valence-corrected chi connectivity index (χ4v) is 2.07. The lowest BCUT2D eigenvalue weighted by Crippen LogP contribution is -2.24. The summed E-state index contributed by atoms with van der Waals surface area (Å²) in [4.78, 5) is 0. The molecule has 0 atom stereocenters. The molecule has 120 valence electrons. The van der Waals surface area contributed by atoms with Gasteiger partial charge in [-0.05, 0) is 48.0 Å². The first-order chi connectivity index (χ1) is 11.0. The van der Waals surface area contributed by atoms with Crippen LogP contribution >= 0.6 is 12.2 Å². The van der Waals surface area contributed by atoms with E-state index in [1.54, 1.807) is 0 Å². The van der Waals surface area contributed by atoms with E-state index in [1.165, 1.54) is 11.6 Å². The molecule has 0 saturated carbocycles. The minimum atomic E-state index is -0.682. The molecule has 2 rings (SSSR count). The Morgan fingerprint density at radius 2 is 1.70 bits per heavy atom. The molecule has 0 aliphatic rings. The summed E-state index contributed by atoms with van der Waals surface area (Å²) >= 11 is 5.08. The van der Waals surface area contributed by atoms with Crippen molar-refractivity contribution in [3.63, 3.8) is 0 Å². The third-order valence-corrected chi connectivity index (χ3v) is 3.39. The summed E-state index contributed by atoms with van der Waals surface area (Å²) in [5.74, 6) is -0.910. The number of nitrogens with one attached hydrogen (secondary N) is 2. The maximum absolute atomic E-state index is 13.4. The molecule has 2 aromatic rings. The van der Waals surface area contributed by atoms with Gasteiger partial charge in [-0.3, -0.25) is 5.43 Å². The molecule has 0 aromatic heterocycles. The van der Waals surface area contributed by atoms with Crippen molar-refractivity contribution >= 4 is 29.2 Å². The van der Waals surface area contributed by atoms with Crippen LogP contribution in [0.1, 0.15) is 30.9 Å². The lowest BCUT2D eigenvalue weighted by Gasteiger charge is -2.09. The molecule has 0 aliphatic heterocycles. The van der Waals surface area contributed by atoms with Gasteiger partial charge in [-0.25, -0.2) is 8.78 Å². The van der Waals surface area contributed by atoms with Crippen molar-refractivity contribution in [2.45, 2.75) is 19.8 Å². The largest absolute Gasteiger partial charge is 0.331 e. The van der Waals surface area contributed by atoms with E-state index in [9.17, 15) is 8.78 Å². The Bertz CT molecular complexity index is 692. The van der Waals surface area contributed by atoms with Crippen molar-refractivity contribution in [1.82, 2.24) is 5.43 Å². The van der Waals surface area contributed by atoms with Crippen LogP contribution < -0.4 is 10.7 Å². The summed E-state index contributed by atoms with van der Waals surface area (Å²) < 4.78 is 26.8. The van der Waals surface area contributed by atoms with Gasteiger partial charge in [0.25, 0.3) is 0 Å². The fraction of sp³-hybridized carbons (Fsp3) is 0.176. The highest BCUT2D eigenvalue weighted by atomic mass is 32.1. The number of benzene rings is 2. The van der Waals surface area contributed by atoms with Gasteiger partial charge in [0.05, 0.1) is 11.8 Å². The average molecular weight is 333 g/mol. The maximum atomic E-state index is 13.4. The van der Waals surface area contributed by atoms with Gasteiger partial charge in [0.1, 0.15) is 11.6 Å².